The van der Waals surface area contributed by atoms with E-state index in [0.29, 0.717) is 35.1 Å². The number of phenols is 2. The van der Waals surface area contributed by atoms with E-state index in [-0.39, 0.29) is 23.3 Å². The van der Waals surface area contributed by atoms with E-state index in [1.54, 1.807) is 50.2 Å². The molecule has 0 bridgehead atoms. The van der Waals surface area contributed by atoms with Crippen molar-refractivity contribution in [3.05, 3.63) is 47.5 Å². The van der Waals surface area contributed by atoms with E-state index in [9.17, 15) is 30.0 Å². The van der Waals surface area contributed by atoms with Crippen molar-refractivity contribution in [1.29, 1.82) is 0 Å². The van der Waals surface area contributed by atoms with Crippen molar-refractivity contribution in [1.82, 2.24) is 0 Å². The van der Waals surface area contributed by atoms with E-state index in [1.807, 2.05) is 13.8 Å². The number of aliphatic imine (C=N–C) groups is 2. The Balaban J connectivity index is 2.44. The van der Waals surface area contributed by atoms with E-state index in [1.165, 1.54) is 12.4 Å². The summed E-state index contributed by atoms with van der Waals surface area (Å²) >= 11 is 0. The van der Waals surface area contributed by atoms with Crippen LogP contribution in [0.5, 0.6) is 11.5 Å². The number of hydrogen-bond acceptors (Lipinski definition) is 6. The molecule has 4 atom stereocenters. The number of benzene rings is 2. The van der Waals surface area contributed by atoms with Crippen LogP contribution in [0.1, 0.15) is 51.7 Å². The lowest BCUT2D eigenvalue weighted by Gasteiger charge is -2.15. The normalized spacial score (nSPS) is 15.3. The summed E-state index contributed by atoms with van der Waals surface area (Å²) in [6.07, 6.45) is 3.94. The van der Waals surface area contributed by atoms with Gasteiger partial charge in [0.25, 0.3) is 0 Å². The molecule has 2 aromatic carbocycles. The fraction of sp³-hybridized carbons (Fsp3) is 0.385. The van der Waals surface area contributed by atoms with Gasteiger partial charge in [0.1, 0.15) is 23.6 Å². The van der Waals surface area contributed by atoms with Crippen molar-refractivity contribution in [3.8, 4) is 22.6 Å². The van der Waals surface area contributed by atoms with Gasteiger partial charge >= 0.3 is 11.9 Å². The third-order valence-corrected chi connectivity index (χ3v) is 6.05. The molecule has 0 aliphatic heterocycles. The van der Waals surface area contributed by atoms with Gasteiger partial charge in [0.2, 0.25) is 0 Å². The van der Waals surface area contributed by atoms with Gasteiger partial charge in [-0.1, -0.05) is 64.8 Å². The number of para-hydroxylation sites is 2. The maximum atomic E-state index is 11.5. The molecule has 34 heavy (non-hydrogen) atoms. The van der Waals surface area contributed by atoms with Gasteiger partial charge in [-0.05, 0) is 24.0 Å². The van der Waals surface area contributed by atoms with Gasteiger partial charge in [-0.15, -0.1) is 0 Å². The fourth-order valence-electron chi connectivity index (χ4n) is 3.44. The van der Waals surface area contributed by atoms with Crippen molar-refractivity contribution in [3.63, 3.8) is 0 Å². The first-order valence-corrected chi connectivity index (χ1v) is 11.3. The number of phenolic OH excluding ortho intramolecular Hbond substituents is 2. The summed E-state index contributed by atoms with van der Waals surface area (Å²) in [6, 6.07) is 7.89. The van der Waals surface area contributed by atoms with Crippen LogP contribution in [-0.4, -0.2) is 56.9 Å². The van der Waals surface area contributed by atoms with E-state index >= 15 is 0 Å². The molecule has 0 amide bonds. The summed E-state index contributed by atoms with van der Waals surface area (Å²) < 4.78 is 0. The molecule has 2 aromatic rings. The molecule has 0 aliphatic carbocycles. The molecule has 0 aliphatic rings. The quantitative estimate of drug-likeness (QED) is 0.355. The number of nitrogens with zero attached hydrogens (tertiary/aromatic N) is 2. The molecule has 0 radical (unpaired) electrons. The molecule has 0 spiro atoms. The average Bonchev–Trinajstić information content (AvgIpc) is 2.80. The third-order valence-electron chi connectivity index (χ3n) is 6.05. The van der Waals surface area contributed by atoms with Crippen LogP contribution in [0.25, 0.3) is 11.1 Å². The fourth-order valence-corrected chi connectivity index (χ4v) is 3.44. The molecular formula is C26H32N2O6. The number of carboxylic acids is 2. The van der Waals surface area contributed by atoms with Gasteiger partial charge in [-0.3, -0.25) is 9.98 Å². The number of carboxylic acid groups (broad SMARTS) is 2. The molecule has 0 heterocycles. The number of carbonyl (C=O) groups is 2. The molecule has 8 nitrogen and oxygen atoms in total. The van der Waals surface area contributed by atoms with Gasteiger partial charge in [0, 0.05) is 34.7 Å². The van der Waals surface area contributed by atoms with Crippen LogP contribution in [0.3, 0.4) is 0 Å². The second-order valence-electron chi connectivity index (χ2n) is 8.38. The van der Waals surface area contributed by atoms with Crippen LogP contribution in [0.15, 0.2) is 46.4 Å². The minimum Gasteiger partial charge on any atom is -0.507 e. The summed E-state index contributed by atoms with van der Waals surface area (Å²) in [5, 5.41) is 40.6. The first-order chi connectivity index (χ1) is 16.1. The number of aliphatic carboxylic acids is 2. The van der Waals surface area contributed by atoms with Crippen molar-refractivity contribution < 1.29 is 30.0 Å². The van der Waals surface area contributed by atoms with Gasteiger partial charge in [-0.25, -0.2) is 9.59 Å². The Kier molecular flexibility index (Phi) is 9.36. The molecule has 2 unspecified atom stereocenters. The first kappa shape index (κ1) is 26.6. The van der Waals surface area contributed by atoms with E-state index in [0.717, 1.165) is 0 Å². The Morgan fingerprint density at radius 1 is 0.765 bits per heavy atom. The van der Waals surface area contributed by atoms with Crippen LogP contribution in [0, 0.1) is 11.8 Å². The lowest BCUT2D eigenvalue weighted by molar-refractivity contribution is -0.140. The Hall–Kier alpha value is -3.68. The van der Waals surface area contributed by atoms with Gasteiger partial charge in [-0.2, -0.15) is 0 Å². The number of rotatable bonds is 11. The lowest BCUT2D eigenvalue weighted by Crippen LogP contribution is -2.25. The zero-order valence-corrected chi connectivity index (χ0v) is 19.8. The maximum Gasteiger partial charge on any atom is 0.328 e. The Morgan fingerprint density at radius 2 is 1.12 bits per heavy atom. The topological polar surface area (TPSA) is 140 Å². The van der Waals surface area contributed by atoms with Gasteiger partial charge < -0.3 is 20.4 Å². The average molecular weight is 469 g/mol. The monoisotopic (exact) mass is 468 g/mol. The van der Waals surface area contributed by atoms with Gasteiger partial charge in [0.05, 0.1) is 0 Å². The second kappa shape index (κ2) is 12.0. The molecule has 0 saturated heterocycles. The minimum atomic E-state index is -1.04. The number of hydrogen-bond donors (Lipinski definition) is 4. The predicted octanol–water partition coefficient (Wildman–Crippen LogP) is 4.60. The highest BCUT2D eigenvalue weighted by molar-refractivity contribution is 5.94. The van der Waals surface area contributed by atoms with Gasteiger partial charge in [0.15, 0.2) is 0 Å². The highest BCUT2D eigenvalue weighted by Crippen LogP contribution is 2.38. The van der Waals surface area contributed by atoms with Crippen LogP contribution in [0.4, 0.5) is 0 Å². The van der Waals surface area contributed by atoms with Crippen LogP contribution < -0.4 is 0 Å². The molecule has 2 rings (SSSR count). The maximum absolute atomic E-state index is 11.5. The zero-order chi connectivity index (χ0) is 25.4. The summed E-state index contributed by atoms with van der Waals surface area (Å²) in [4.78, 5) is 31.4. The summed E-state index contributed by atoms with van der Waals surface area (Å²) in [5.41, 5.74) is 1.27. The first-order valence-electron chi connectivity index (χ1n) is 11.3. The van der Waals surface area contributed by atoms with Crippen LogP contribution in [0.2, 0.25) is 0 Å². The highest BCUT2D eigenvalue weighted by atomic mass is 16.4. The summed E-state index contributed by atoms with van der Waals surface area (Å²) in [7, 11) is 0. The lowest BCUT2D eigenvalue weighted by atomic mass is 9.97. The Labute approximate surface area is 199 Å². The van der Waals surface area contributed by atoms with E-state index < -0.39 is 24.0 Å². The Bertz CT molecular complexity index is 993. The third kappa shape index (κ3) is 6.21. The SMILES string of the molecule is CCC(C)[C@H](N=Cc1cccc(-c2cccc(C=N[C@H](C(=O)O)C(C)CC)c2O)c1O)C(=O)O. The van der Waals surface area contributed by atoms with E-state index in [4.69, 9.17) is 0 Å². The Morgan fingerprint density at radius 3 is 1.41 bits per heavy atom. The number of aromatic hydroxyl groups is 2. The van der Waals surface area contributed by atoms with Crippen molar-refractivity contribution in [2.75, 3.05) is 0 Å². The molecule has 8 heteroatoms. The van der Waals surface area contributed by atoms with Crippen molar-refractivity contribution in [2.45, 2.75) is 52.6 Å². The second-order valence-corrected chi connectivity index (χ2v) is 8.38. The molecule has 4 N–H and O–H groups in total. The largest absolute Gasteiger partial charge is 0.507 e. The molecular weight excluding hydrogens is 436 g/mol. The zero-order valence-electron chi connectivity index (χ0n) is 19.8. The smallest absolute Gasteiger partial charge is 0.328 e. The highest BCUT2D eigenvalue weighted by Gasteiger charge is 2.23. The molecule has 0 fully saturated rings. The molecule has 0 aromatic heterocycles. The van der Waals surface area contributed by atoms with Crippen molar-refractivity contribution in [2.24, 2.45) is 21.8 Å². The standard InChI is InChI=1S/C26H32N2O6/c1-5-15(3)21(25(31)32)27-13-17-9-7-11-19(23(17)29)20-12-8-10-18(24(20)30)14-28-22(26(33)34)16(4)6-2/h7-16,21-22,29-30H,5-6H2,1-4H3,(H,31,32)(H,33,34)/t15?,16?,21-,22-/m0/s1. The van der Waals surface area contributed by atoms with Crippen molar-refractivity contribution >= 4 is 24.4 Å². The summed E-state index contributed by atoms with van der Waals surface area (Å²) in [6.45, 7) is 7.37. The van der Waals surface area contributed by atoms with E-state index in [2.05, 4.69) is 9.98 Å². The molecule has 0 saturated carbocycles. The van der Waals surface area contributed by atoms with Crippen LogP contribution in [-0.2, 0) is 9.59 Å². The predicted molar refractivity (Wildman–Crippen MR) is 132 cm³/mol. The van der Waals surface area contributed by atoms with Crippen LogP contribution >= 0.6 is 0 Å². The summed E-state index contributed by atoms with van der Waals surface area (Å²) in [5.74, 6) is -2.75. The molecule has 182 valence electrons. The minimum absolute atomic E-state index is 0.160.